The van der Waals surface area contributed by atoms with E-state index in [9.17, 15) is 13.2 Å². The van der Waals surface area contributed by atoms with Crippen molar-refractivity contribution in [3.05, 3.63) is 24.2 Å². The molecule has 20 heavy (non-hydrogen) atoms. The van der Waals surface area contributed by atoms with E-state index in [0.29, 0.717) is 24.5 Å². The fourth-order valence-corrected chi connectivity index (χ4v) is 1.78. The molecule has 0 fully saturated rings. The number of rotatable bonds is 6. The van der Waals surface area contributed by atoms with Crippen LogP contribution in [0.5, 0.6) is 0 Å². The summed E-state index contributed by atoms with van der Waals surface area (Å²) >= 11 is 0. The van der Waals surface area contributed by atoms with Gasteiger partial charge in [-0.25, -0.2) is 9.50 Å². The van der Waals surface area contributed by atoms with Crippen LogP contribution in [0.4, 0.5) is 19.0 Å². The van der Waals surface area contributed by atoms with Crippen LogP contribution in [0.15, 0.2) is 18.5 Å². The Morgan fingerprint density at radius 1 is 1.35 bits per heavy atom. The molecule has 0 saturated heterocycles. The maximum absolute atomic E-state index is 12.6. The van der Waals surface area contributed by atoms with E-state index in [2.05, 4.69) is 15.4 Å². The van der Waals surface area contributed by atoms with Crippen molar-refractivity contribution in [2.75, 3.05) is 25.6 Å². The number of nitrogens with zero attached hydrogens (tertiary/aromatic N) is 3. The molecular weight excluding hydrogens is 273 g/mol. The third-order valence-electron chi connectivity index (χ3n) is 2.75. The van der Waals surface area contributed by atoms with Crippen LogP contribution in [0.25, 0.3) is 5.52 Å². The summed E-state index contributed by atoms with van der Waals surface area (Å²) in [4.78, 5) is 4.05. The molecule has 110 valence electrons. The average Bonchev–Trinajstić information content (AvgIpc) is 2.83. The first kappa shape index (κ1) is 14.6. The van der Waals surface area contributed by atoms with Crippen molar-refractivity contribution in [3.8, 4) is 0 Å². The van der Waals surface area contributed by atoms with E-state index in [1.54, 1.807) is 7.11 Å². The Labute approximate surface area is 113 Å². The average molecular weight is 288 g/mol. The van der Waals surface area contributed by atoms with Crippen LogP contribution in [0, 0.1) is 0 Å². The first-order valence-corrected chi connectivity index (χ1v) is 6.17. The van der Waals surface area contributed by atoms with Gasteiger partial charge in [0.15, 0.2) is 11.5 Å². The summed E-state index contributed by atoms with van der Waals surface area (Å²) in [6.45, 7) is 1.27. The number of anilines is 1. The minimum Gasteiger partial charge on any atom is -0.385 e. The fourth-order valence-electron chi connectivity index (χ4n) is 1.78. The first-order chi connectivity index (χ1) is 9.52. The summed E-state index contributed by atoms with van der Waals surface area (Å²) in [5.41, 5.74) is -0.612. The highest BCUT2D eigenvalue weighted by atomic mass is 19.4. The lowest BCUT2D eigenvalue weighted by Crippen LogP contribution is -2.06. The second kappa shape index (κ2) is 6.08. The predicted octanol–water partition coefficient (Wildman–Crippen LogP) is 2.59. The molecule has 2 aromatic rings. The van der Waals surface area contributed by atoms with Crippen molar-refractivity contribution >= 4 is 11.3 Å². The van der Waals surface area contributed by atoms with Gasteiger partial charge in [0.2, 0.25) is 0 Å². The van der Waals surface area contributed by atoms with Gasteiger partial charge in [-0.05, 0) is 12.8 Å². The minimum atomic E-state index is -4.46. The Morgan fingerprint density at radius 3 is 2.85 bits per heavy atom. The molecule has 5 nitrogen and oxygen atoms in total. The third-order valence-corrected chi connectivity index (χ3v) is 2.75. The molecule has 0 aromatic carbocycles. The molecule has 2 heterocycles. The Morgan fingerprint density at radius 2 is 2.15 bits per heavy atom. The van der Waals surface area contributed by atoms with Crippen LogP contribution in [-0.2, 0) is 10.9 Å². The van der Waals surface area contributed by atoms with Gasteiger partial charge in [-0.15, -0.1) is 0 Å². The summed E-state index contributed by atoms with van der Waals surface area (Å²) in [5.74, 6) is 0.396. The van der Waals surface area contributed by atoms with E-state index in [0.717, 1.165) is 18.9 Å². The Balaban J connectivity index is 2.11. The number of alkyl halides is 3. The Hall–Kier alpha value is -1.83. The van der Waals surface area contributed by atoms with Crippen molar-refractivity contribution in [1.82, 2.24) is 14.6 Å². The van der Waals surface area contributed by atoms with Gasteiger partial charge in [-0.3, -0.25) is 0 Å². The molecule has 0 aliphatic heterocycles. The number of nitrogens with one attached hydrogen (secondary N) is 1. The van der Waals surface area contributed by atoms with Gasteiger partial charge in [0, 0.05) is 38.7 Å². The highest BCUT2D eigenvalue weighted by molar-refractivity contribution is 5.67. The van der Waals surface area contributed by atoms with Gasteiger partial charge < -0.3 is 10.1 Å². The predicted molar refractivity (Wildman–Crippen MR) is 67.6 cm³/mol. The maximum atomic E-state index is 12.6. The lowest BCUT2D eigenvalue weighted by Gasteiger charge is -2.06. The Bertz CT molecular complexity index is 567. The molecule has 0 aliphatic carbocycles. The smallest absolute Gasteiger partial charge is 0.385 e. The molecule has 2 aromatic heterocycles. The number of fused-ring (bicyclic) bond motifs is 1. The lowest BCUT2D eigenvalue weighted by molar-refractivity contribution is -0.141. The number of ether oxygens (including phenoxy) is 1. The quantitative estimate of drug-likeness (QED) is 0.830. The van der Waals surface area contributed by atoms with Crippen LogP contribution < -0.4 is 5.32 Å². The van der Waals surface area contributed by atoms with Gasteiger partial charge in [-0.1, -0.05) is 0 Å². The molecule has 0 spiro atoms. The minimum absolute atomic E-state index is 0.312. The number of methoxy groups -OCH3 is 1. The summed E-state index contributed by atoms with van der Waals surface area (Å²) in [6.07, 6.45) is 0.0661. The van der Waals surface area contributed by atoms with E-state index < -0.39 is 11.9 Å². The standard InChI is InChI=1S/C12H15F3N4O/c1-20-7-3-2-4-16-11-9-8-10(12(13,14)15)18-19(9)6-5-17-11/h5-6,8H,2-4,7H2,1H3,(H,16,17). The third kappa shape index (κ3) is 3.38. The molecular formula is C12H15F3N4O. The topological polar surface area (TPSA) is 51.5 Å². The SMILES string of the molecule is COCCCCNc1nccn2nc(C(F)(F)F)cc12. The summed E-state index contributed by atoms with van der Waals surface area (Å²) < 4.78 is 44.0. The second-order valence-electron chi connectivity index (χ2n) is 4.26. The van der Waals surface area contributed by atoms with Crippen LogP contribution in [0.2, 0.25) is 0 Å². The van der Waals surface area contributed by atoms with Crippen molar-refractivity contribution in [1.29, 1.82) is 0 Å². The summed E-state index contributed by atoms with van der Waals surface area (Å²) in [6, 6.07) is 0.991. The molecule has 2 rings (SSSR count). The van der Waals surface area contributed by atoms with Gasteiger partial charge in [-0.2, -0.15) is 18.3 Å². The number of unbranched alkanes of at least 4 members (excludes halogenated alkanes) is 1. The molecule has 0 radical (unpaired) electrons. The zero-order valence-corrected chi connectivity index (χ0v) is 10.9. The molecule has 0 aliphatic rings. The number of aromatic nitrogens is 3. The normalized spacial score (nSPS) is 12.0. The van der Waals surface area contributed by atoms with Crippen molar-refractivity contribution in [2.24, 2.45) is 0 Å². The van der Waals surface area contributed by atoms with Crippen molar-refractivity contribution < 1.29 is 17.9 Å². The summed E-state index contributed by atoms with van der Waals surface area (Å²) in [5, 5.41) is 6.51. The second-order valence-corrected chi connectivity index (χ2v) is 4.26. The Kier molecular flexibility index (Phi) is 4.43. The zero-order chi connectivity index (χ0) is 14.6. The fraction of sp³-hybridized carbons (Fsp3) is 0.500. The van der Waals surface area contributed by atoms with E-state index in [4.69, 9.17) is 4.74 Å². The van der Waals surface area contributed by atoms with E-state index in [-0.39, 0.29) is 0 Å². The van der Waals surface area contributed by atoms with Gasteiger partial charge >= 0.3 is 6.18 Å². The molecule has 0 amide bonds. The van der Waals surface area contributed by atoms with E-state index >= 15 is 0 Å². The first-order valence-electron chi connectivity index (χ1n) is 6.17. The molecule has 0 bridgehead atoms. The van der Waals surface area contributed by atoms with E-state index in [1.807, 2.05) is 0 Å². The van der Waals surface area contributed by atoms with Crippen LogP contribution >= 0.6 is 0 Å². The van der Waals surface area contributed by atoms with E-state index in [1.165, 1.54) is 16.9 Å². The summed E-state index contributed by atoms with van der Waals surface area (Å²) in [7, 11) is 1.63. The zero-order valence-electron chi connectivity index (χ0n) is 10.9. The molecule has 0 unspecified atom stereocenters. The largest absolute Gasteiger partial charge is 0.435 e. The van der Waals surface area contributed by atoms with Crippen LogP contribution in [0.1, 0.15) is 18.5 Å². The van der Waals surface area contributed by atoms with Crippen LogP contribution in [-0.4, -0.2) is 34.9 Å². The highest BCUT2D eigenvalue weighted by Crippen LogP contribution is 2.29. The van der Waals surface area contributed by atoms with Crippen molar-refractivity contribution in [2.45, 2.75) is 19.0 Å². The van der Waals surface area contributed by atoms with Crippen LogP contribution in [0.3, 0.4) is 0 Å². The van der Waals surface area contributed by atoms with Crippen molar-refractivity contribution in [3.63, 3.8) is 0 Å². The number of halogens is 3. The molecule has 1 N–H and O–H groups in total. The monoisotopic (exact) mass is 288 g/mol. The number of hydrogen-bond donors (Lipinski definition) is 1. The molecule has 8 heteroatoms. The number of hydrogen-bond acceptors (Lipinski definition) is 4. The van der Waals surface area contributed by atoms with Gasteiger partial charge in [0.1, 0.15) is 5.52 Å². The van der Waals surface area contributed by atoms with Gasteiger partial charge in [0.05, 0.1) is 0 Å². The molecule has 0 saturated carbocycles. The highest BCUT2D eigenvalue weighted by Gasteiger charge is 2.34. The lowest BCUT2D eigenvalue weighted by atomic mass is 10.3. The maximum Gasteiger partial charge on any atom is 0.435 e. The van der Waals surface area contributed by atoms with Gasteiger partial charge in [0.25, 0.3) is 0 Å². The molecule has 0 atom stereocenters.